The van der Waals surface area contributed by atoms with Gasteiger partial charge >= 0.3 is 0 Å². The molecule has 0 spiro atoms. The Hall–Kier alpha value is -10.0. The number of hydrogen-bond acceptors (Lipinski definition) is 0. The highest BCUT2D eigenvalue weighted by Crippen LogP contribution is 2.47. The Morgan fingerprint density at radius 3 is 0.882 bits per heavy atom. The molecule has 0 fully saturated rings. The van der Waals surface area contributed by atoms with Crippen LogP contribution in [0, 0.1) is 0 Å². The van der Waals surface area contributed by atoms with Crippen LogP contribution in [0.2, 0.25) is 0 Å². The molecule has 0 aliphatic heterocycles. The van der Waals surface area contributed by atoms with E-state index in [0.29, 0.717) is 0 Å². The van der Waals surface area contributed by atoms with Crippen LogP contribution in [0.3, 0.4) is 0 Å². The van der Waals surface area contributed by atoms with Gasteiger partial charge in [0.2, 0.25) is 0 Å². The maximum atomic E-state index is 2.45. The highest BCUT2D eigenvalue weighted by molar-refractivity contribution is 6.23. The first-order chi connectivity index (χ1) is 37.7. The van der Waals surface area contributed by atoms with Gasteiger partial charge in [-0.1, -0.05) is 231 Å². The number of benzene rings is 13. The second-order valence-corrected chi connectivity index (χ2v) is 19.9. The highest BCUT2D eigenvalue weighted by Gasteiger charge is 2.22. The van der Waals surface area contributed by atoms with Crippen LogP contribution >= 0.6 is 0 Å². The van der Waals surface area contributed by atoms with Crippen molar-refractivity contribution in [2.75, 3.05) is 0 Å². The predicted molar refractivity (Wildman–Crippen MR) is 323 cm³/mol. The molecule has 354 valence electrons. The molecule has 0 radical (unpaired) electrons. The fraction of sp³-hybridized carbons (Fsp3) is 0. The summed E-state index contributed by atoms with van der Waals surface area (Å²) in [6, 6.07) is 107. The Kier molecular flexibility index (Phi) is 10.2. The van der Waals surface area contributed by atoms with Crippen LogP contribution in [0.15, 0.2) is 291 Å². The van der Waals surface area contributed by atoms with E-state index in [4.69, 9.17) is 0 Å². The van der Waals surface area contributed by atoms with E-state index in [2.05, 4.69) is 300 Å². The van der Waals surface area contributed by atoms with Gasteiger partial charge in [-0.3, -0.25) is 0 Å². The average molecular weight is 965 g/mol. The first kappa shape index (κ1) is 43.6. The number of nitrogens with zero attached hydrogens (tertiary/aromatic N) is 2. The normalized spacial score (nSPS) is 11.7. The third-order valence-corrected chi connectivity index (χ3v) is 15.7. The van der Waals surface area contributed by atoms with E-state index in [-0.39, 0.29) is 0 Å². The SMILES string of the molecule is c1ccc(-c2ccccc2-n2c3ccccc3c3cc(-c4ccc5c(-c6ccccc6)c6cc(-c7ccc8c(c7)c7ccccc7n8-c7ccccc7-c7ccccc7)ccc6c(-c6ccccc6)c5c4)ccc32)cc1. The average Bonchev–Trinajstić information content (AvgIpc) is 4.03. The van der Waals surface area contributed by atoms with Crippen molar-refractivity contribution in [2.24, 2.45) is 0 Å². The molecule has 2 aromatic heterocycles. The Bertz CT molecular complexity index is 4410. The summed E-state index contributed by atoms with van der Waals surface area (Å²) in [5.41, 5.74) is 21.5. The summed E-state index contributed by atoms with van der Waals surface area (Å²) >= 11 is 0. The molecule has 0 saturated carbocycles. The molecule has 0 bridgehead atoms. The second-order valence-electron chi connectivity index (χ2n) is 19.9. The third kappa shape index (κ3) is 7.03. The van der Waals surface area contributed by atoms with Crippen LogP contribution in [0.25, 0.3) is 143 Å². The molecule has 13 aromatic carbocycles. The van der Waals surface area contributed by atoms with E-state index in [9.17, 15) is 0 Å². The largest absolute Gasteiger partial charge is 0.309 e. The van der Waals surface area contributed by atoms with Gasteiger partial charge in [-0.25, -0.2) is 0 Å². The van der Waals surface area contributed by atoms with E-state index in [1.165, 1.54) is 143 Å². The van der Waals surface area contributed by atoms with Gasteiger partial charge in [0, 0.05) is 32.7 Å². The van der Waals surface area contributed by atoms with Crippen molar-refractivity contribution in [3.05, 3.63) is 291 Å². The minimum atomic E-state index is 1.17. The zero-order valence-electron chi connectivity index (χ0n) is 41.6. The van der Waals surface area contributed by atoms with Crippen LogP contribution in [0.4, 0.5) is 0 Å². The third-order valence-electron chi connectivity index (χ3n) is 15.7. The molecule has 0 unspecified atom stereocenters. The van der Waals surface area contributed by atoms with Crippen LogP contribution in [-0.2, 0) is 0 Å². The van der Waals surface area contributed by atoms with Crippen molar-refractivity contribution in [3.63, 3.8) is 0 Å². The lowest BCUT2D eigenvalue weighted by Crippen LogP contribution is -1.97. The molecule has 0 aliphatic carbocycles. The Balaban J connectivity index is 0.923. The molecule has 2 nitrogen and oxygen atoms in total. The van der Waals surface area contributed by atoms with Gasteiger partial charge in [-0.15, -0.1) is 0 Å². The number of aromatic nitrogens is 2. The summed E-state index contributed by atoms with van der Waals surface area (Å²) in [4.78, 5) is 0. The van der Waals surface area contributed by atoms with Crippen LogP contribution in [-0.4, -0.2) is 9.13 Å². The first-order valence-corrected chi connectivity index (χ1v) is 26.2. The van der Waals surface area contributed by atoms with Gasteiger partial charge in [-0.2, -0.15) is 0 Å². The van der Waals surface area contributed by atoms with Gasteiger partial charge < -0.3 is 9.13 Å². The van der Waals surface area contributed by atoms with E-state index in [1.807, 2.05) is 0 Å². The molecule has 76 heavy (non-hydrogen) atoms. The quantitative estimate of drug-likeness (QED) is 0.134. The van der Waals surface area contributed by atoms with Crippen molar-refractivity contribution in [3.8, 4) is 78.1 Å². The zero-order valence-corrected chi connectivity index (χ0v) is 41.6. The van der Waals surface area contributed by atoms with Crippen molar-refractivity contribution in [1.29, 1.82) is 0 Å². The van der Waals surface area contributed by atoms with Crippen molar-refractivity contribution >= 4 is 65.2 Å². The summed E-state index contributed by atoms with van der Waals surface area (Å²) < 4.78 is 4.89. The standard InChI is InChI=1S/C74H48N2/c1-5-21-49(22-6-1)57-29-13-17-33-67(57)75-69-35-19-15-31-59(69)63-45-55(39-43-71(63)75)53-37-41-61-65(47-53)73(51-25-9-3-10-26-51)62-42-38-54(48-66(62)74(61)52-27-11-4-12-28-52)56-40-44-72-64(46-56)60-32-16-20-36-70(60)76(72)68-34-18-14-30-58(68)50-23-7-2-8-24-50/h1-48H. The molecule has 0 atom stereocenters. The predicted octanol–water partition coefficient (Wildman–Crippen LogP) is 20.2. The summed E-state index contributed by atoms with van der Waals surface area (Å²) in [5.74, 6) is 0. The molecule has 15 rings (SSSR count). The molecule has 0 N–H and O–H groups in total. The van der Waals surface area contributed by atoms with Crippen molar-refractivity contribution in [1.82, 2.24) is 9.13 Å². The minimum Gasteiger partial charge on any atom is -0.309 e. The van der Waals surface area contributed by atoms with Gasteiger partial charge in [0.1, 0.15) is 0 Å². The van der Waals surface area contributed by atoms with Crippen LogP contribution in [0.1, 0.15) is 0 Å². The van der Waals surface area contributed by atoms with Gasteiger partial charge in [0.05, 0.1) is 33.4 Å². The number of rotatable bonds is 8. The monoisotopic (exact) mass is 964 g/mol. The van der Waals surface area contributed by atoms with E-state index in [0.717, 1.165) is 0 Å². The van der Waals surface area contributed by atoms with Gasteiger partial charge in [-0.05, 0) is 138 Å². The van der Waals surface area contributed by atoms with Crippen molar-refractivity contribution < 1.29 is 0 Å². The van der Waals surface area contributed by atoms with E-state index in [1.54, 1.807) is 0 Å². The van der Waals surface area contributed by atoms with Crippen molar-refractivity contribution in [2.45, 2.75) is 0 Å². The molecule has 15 aromatic rings. The van der Waals surface area contributed by atoms with Crippen LogP contribution in [0.5, 0.6) is 0 Å². The molecule has 2 heteroatoms. The molecule has 0 saturated heterocycles. The Morgan fingerprint density at radius 2 is 0.474 bits per heavy atom. The summed E-state index contributed by atoms with van der Waals surface area (Å²) in [5, 5.41) is 9.84. The number of fused-ring (bicyclic) bond motifs is 8. The lowest BCUT2D eigenvalue weighted by Gasteiger charge is -2.20. The number of para-hydroxylation sites is 4. The fourth-order valence-electron chi connectivity index (χ4n) is 12.3. The van der Waals surface area contributed by atoms with Gasteiger partial charge in [0.25, 0.3) is 0 Å². The molecular weight excluding hydrogens is 917 g/mol. The summed E-state index contributed by atoms with van der Waals surface area (Å²) in [6.45, 7) is 0. The summed E-state index contributed by atoms with van der Waals surface area (Å²) in [6.07, 6.45) is 0. The molecular formula is C74H48N2. The molecule has 0 aliphatic rings. The maximum Gasteiger partial charge on any atom is 0.0541 e. The van der Waals surface area contributed by atoms with E-state index >= 15 is 0 Å². The maximum absolute atomic E-state index is 2.45. The second kappa shape index (κ2) is 17.9. The fourth-order valence-corrected chi connectivity index (χ4v) is 12.3. The smallest absolute Gasteiger partial charge is 0.0541 e. The highest BCUT2D eigenvalue weighted by atomic mass is 15.0. The zero-order chi connectivity index (χ0) is 50.1. The molecule has 2 heterocycles. The lowest BCUT2D eigenvalue weighted by atomic mass is 9.84. The topological polar surface area (TPSA) is 9.86 Å². The summed E-state index contributed by atoms with van der Waals surface area (Å²) in [7, 11) is 0. The van der Waals surface area contributed by atoms with Gasteiger partial charge in [0.15, 0.2) is 0 Å². The Labute approximate surface area is 441 Å². The number of hydrogen-bond donors (Lipinski definition) is 0. The Morgan fingerprint density at radius 1 is 0.171 bits per heavy atom. The first-order valence-electron chi connectivity index (χ1n) is 26.2. The lowest BCUT2D eigenvalue weighted by molar-refractivity contribution is 1.18. The van der Waals surface area contributed by atoms with Crippen LogP contribution < -0.4 is 0 Å². The molecule has 0 amide bonds. The minimum absolute atomic E-state index is 1.17. The van der Waals surface area contributed by atoms with E-state index < -0.39 is 0 Å².